The zero-order valence-electron chi connectivity index (χ0n) is 5.81. The molecule has 3 heteroatoms. The summed E-state index contributed by atoms with van der Waals surface area (Å²) < 4.78 is 0. The molecule has 9 heavy (non-hydrogen) atoms. The molecule has 0 saturated heterocycles. The van der Waals surface area contributed by atoms with Crippen LogP contribution in [0.15, 0.2) is 0 Å². The van der Waals surface area contributed by atoms with Crippen LogP contribution in [-0.4, -0.2) is 12.6 Å². The van der Waals surface area contributed by atoms with Gasteiger partial charge in [0, 0.05) is 6.42 Å². The highest BCUT2D eigenvalue weighted by Crippen LogP contribution is 1.97. The molecule has 0 fully saturated rings. The number of carbonyl (C=O) groups is 1. The molecule has 0 aliphatic heterocycles. The first-order chi connectivity index (χ1) is 4.16. The van der Waals surface area contributed by atoms with E-state index in [0.717, 1.165) is 0 Å². The lowest BCUT2D eigenvalue weighted by Gasteiger charge is -2.01. The first-order valence-electron chi connectivity index (χ1n) is 3.01. The summed E-state index contributed by atoms with van der Waals surface area (Å²) in [5.41, 5.74) is 0. The maximum absolute atomic E-state index is 10.5. The SMILES string of the molecule is CC(C)CC(=O)NC[O]. The van der Waals surface area contributed by atoms with Crippen molar-refractivity contribution < 1.29 is 9.90 Å². The first-order valence-corrected chi connectivity index (χ1v) is 3.01. The van der Waals surface area contributed by atoms with Crippen molar-refractivity contribution in [2.45, 2.75) is 20.3 Å². The predicted octanol–water partition coefficient (Wildman–Crippen LogP) is 0.537. The van der Waals surface area contributed by atoms with E-state index >= 15 is 0 Å². The third-order valence-electron chi connectivity index (χ3n) is 0.863. The molecule has 0 aromatic heterocycles. The summed E-state index contributed by atoms with van der Waals surface area (Å²) in [6.45, 7) is 3.36. The Hall–Kier alpha value is -0.570. The number of rotatable bonds is 3. The molecule has 1 amide bonds. The van der Waals surface area contributed by atoms with Gasteiger partial charge in [0.2, 0.25) is 5.91 Å². The fraction of sp³-hybridized carbons (Fsp3) is 0.833. The molecule has 53 valence electrons. The summed E-state index contributed by atoms with van der Waals surface area (Å²) in [5, 5.41) is 12.0. The third kappa shape index (κ3) is 5.30. The maximum atomic E-state index is 10.5. The van der Waals surface area contributed by atoms with E-state index in [9.17, 15) is 9.90 Å². The van der Waals surface area contributed by atoms with E-state index < -0.39 is 6.73 Å². The van der Waals surface area contributed by atoms with Crippen molar-refractivity contribution in [3.63, 3.8) is 0 Å². The van der Waals surface area contributed by atoms with Crippen LogP contribution in [0.5, 0.6) is 0 Å². The lowest BCUT2D eigenvalue weighted by Crippen LogP contribution is -2.24. The van der Waals surface area contributed by atoms with Crippen molar-refractivity contribution in [3.8, 4) is 0 Å². The minimum absolute atomic E-state index is 0.153. The van der Waals surface area contributed by atoms with Crippen LogP contribution in [0.4, 0.5) is 0 Å². The van der Waals surface area contributed by atoms with E-state index in [-0.39, 0.29) is 5.91 Å². The molecule has 0 saturated carbocycles. The Morgan fingerprint density at radius 2 is 2.11 bits per heavy atom. The van der Waals surface area contributed by atoms with E-state index in [0.29, 0.717) is 12.3 Å². The number of carbonyl (C=O) groups excluding carboxylic acids is 1. The Labute approximate surface area is 55.1 Å². The molecule has 1 N–H and O–H groups in total. The van der Waals surface area contributed by atoms with Gasteiger partial charge in [-0.2, -0.15) is 0 Å². The monoisotopic (exact) mass is 130 g/mol. The highest BCUT2D eigenvalue weighted by molar-refractivity contribution is 5.75. The molecule has 0 spiro atoms. The maximum Gasteiger partial charge on any atom is 0.222 e. The second kappa shape index (κ2) is 4.32. The molecule has 0 atom stereocenters. The van der Waals surface area contributed by atoms with Gasteiger partial charge in [0.1, 0.15) is 0 Å². The average Bonchev–Trinajstić information content (AvgIpc) is 1.63. The highest BCUT2D eigenvalue weighted by atomic mass is 16.3. The molecular formula is C6H12NO2. The van der Waals surface area contributed by atoms with Gasteiger partial charge in [-0.3, -0.25) is 4.79 Å². The Bertz CT molecular complexity index is 91.1. The van der Waals surface area contributed by atoms with Crippen LogP contribution >= 0.6 is 0 Å². The number of hydrogen-bond acceptors (Lipinski definition) is 1. The molecule has 0 unspecified atom stereocenters. The number of hydrogen-bond donors (Lipinski definition) is 1. The van der Waals surface area contributed by atoms with Crippen molar-refractivity contribution in [1.29, 1.82) is 0 Å². The molecule has 3 nitrogen and oxygen atoms in total. The summed E-state index contributed by atoms with van der Waals surface area (Å²) >= 11 is 0. The van der Waals surface area contributed by atoms with E-state index in [2.05, 4.69) is 5.32 Å². The molecule has 0 aromatic rings. The van der Waals surface area contributed by atoms with Crippen LogP contribution in [0.25, 0.3) is 0 Å². The standard InChI is InChI=1S/C6H12NO2/c1-5(2)3-6(9)7-4-8/h5H,3-4H2,1-2H3,(H,7,9). The molecule has 0 rings (SSSR count). The minimum Gasteiger partial charge on any atom is -0.331 e. The van der Waals surface area contributed by atoms with Crippen LogP contribution in [0.2, 0.25) is 0 Å². The van der Waals surface area contributed by atoms with Gasteiger partial charge in [0.15, 0.2) is 6.73 Å². The Balaban J connectivity index is 3.27. The van der Waals surface area contributed by atoms with Crippen LogP contribution in [0, 0.1) is 5.92 Å². The Morgan fingerprint density at radius 3 is 2.44 bits per heavy atom. The van der Waals surface area contributed by atoms with Gasteiger partial charge in [-0.25, -0.2) is 5.11 Å². The molecular weight excluding hydrogens is 118 g/mol. The highest BCUT2D eigenvalue weighted by Gasteiger charge is 2.01. The van der Waals surface area contributed by atoms with Gasteiger partial charge in [-0.15, -0.1) is 0 Å². The van der Waals surface area contributed by atoms with Gasteiger partial charge >= 0.3 is 0 Å². The molecule has 1 radical (unpaired) electrons. The molecule has 0 bridgehead atoms. The molecule has 0 heterocycles. The fourth-order valence-electron chi connectivity index (χ4n) is 0.523. The summed E-state index contributed by atoms with van der Waals surface area (Å²) in [7, 11) is 0. The van der Waals surface area contributed by atoms with Crippen molar-refractivity contribution >= 4 is 5.91 Å². The lowest BCUT2D eigenvalue weighted by molar-refractivity contribution is -0.123. The number of nitrogens with one attached hydrogen (secondary N) is 1. The van der Waals surface area contributed by atoms with Crippen molar-refractivity contribution in [2.75, 3.05) is 6.73 Å². The average molecular weight is 130 g/mol. The largest absolute Gasteiger partial charge is 0.331 e. The summed E-state index contributed by atoms with van der Waals surface area (Å²) in [6.07, 6.45) is 0.447. The fourth-order valence-corrected chi connectivity index (χ4v) is 0.523. The molecule has 0 aliphatic rings. The minimum atomic E-state index is -0.508. The number of amides is 1. The second-order valence-electron chi connectivity index (χ2n) is 2.34. The Morgan fingerprint density at radius 1 is 1.56 bits per heavy atom. The smallest absolute Gasteiger partial charge is 0.222 e. The van der Waals surface area contributed by atoms with Crippen LogP contribution in [0.1, 0.15) is 20.3 Å². The van der Waals surface area contributed by atoms with E-state index in [1.807, 2.05) is 13.8 Å². The van der Waals surface area contributed by atoms with E-state index in [1.54, 1.807) is 0 Å². The Kier molecular flexibility index (Phi) is 4.05. The molecule has 0 aromatic carbocycles. The molecule has 0 aliphatic carbocycles. The van der Waals surface area contributed by atoms with Gasteiger partial charge < -0.3 is 5.32 Å². The quantitative estimate of drug-likeness (QED) is 0.557. The van der Waals surface area contributed by atoms with Crippen LogP contribution in [0.3, 0.4) is 0 Å². The van der Waals surface area contributed by atoms with Gasteiger partial charge in [0.05, 0.1) is 0 Å². The second-order valence-corrected chi connectivity index (χ2v) is 2.34. The zero-order valence-corrected chi connectivity index (χ0v) is 5.81. The van der Waals surface area contributed by atoms with E-state index in [1.165, 1.54) is 0 Å². The summed E-state index contributed by atoms with van der Waals surface area (Å²) in [6, 6.07) is 0. The normalized spacial score (nSPS) is 9.78. The van der Waals surface area contributed by atoms with E-state index in [4.69, 9.17) is 0 Å². The zero-order chi connectivity index (χ0) is 7.28. The topological polar surface area (TPSA) is 49.0 Å². The van der Waals surface area contributed by atoms with Crippen molar-refractivity contribution in [3.05, 3.63) is 0 Å². The van der Waals surface area contributed by atoms with Gasteiger partial charge in [0.25, 0.3) is 0 Å². The van der Waals surface area contributed by atoms with Crippen molar-refractivity contribution in [1.82, 2.24) is 5.32 Å². The first kappa shape index (κ1) is 8.43. The predicted molar refractivity (Wildman–Crippen MR) is 33.2 cm³/mol. The van der Waals surface area contributed by atoms with Crippen molar-refractivity contribution in [2.24, 2.45) is 5.92 Å². The summed E-state index contributed by atoms with van der Waals surface area (Å²) in [5.74, 6) is 0.177. The lowest BCUT2D eigenvalue weighted by atomic mass is 10.1. The van der Waals surface area contributed by atoms with Gasteiger partial charge in [-0.05, 0) is 5.92 Å². The third-order valence-corrected chi connectivity index (χ3v) is 0.863. The summed E-state index contributed by atoms with van der Waals surface area (Å²) in [4.78, 5) is 10.5. The van der Waals surface area contributed by atoms with Crippen LogP contribution in [-0.2, 0) is 9.90 Å². The van der Waals surface area contributed by atoms with Crippen LogP contribution < -0.4 is 5.32 Å². The van der Waals surface area contributed by atoms with Gasteiger partial charge in [-0.1, -0.05) is 13.8 Å².